The van der Waals surface area contributed by atoms with Crippen LogP contribution in [0.5, 0.6) is 0 Å². The van der Waals surface area contributed by atoms with E-state index in [2.05, 4.69) is 17.8 Å². The Labute approximate surface area is 150 Å². The van der Waals surface area contributed by atoms with Gasteiger partial charge in [-0.3, -0.25) is 0 Å². The van der Waals surface area contributed by atoms with E-state index in [1.54, 1.807) is 0 Å². The molecule has 1 aliphatic heterocycles. The van der Waals surface area contributed by atoms with Crippen molar-refractivity contribution in [2.24, 2.45) is 0 Å². The van der Waals surface area contributed by atoms with Crippen molar-refractivity contribution in [1.82, 2.24) is 0 Å². The number of aldehydes is 1. The highest BCUT2D eigenvalue weighted by Crippen LogP contribution is 2.19. The maximum Gasteiger partial charge on any atom is 0.159 e. The molecule has 3 heteroatoms. The predicted octanol–water partition coefficient (Wildman–Crippen LogP) is 3.99. The lowest BCUT2D eigenvalue weighted by atomic mass is 10.1. The molecule has 1 heterocycles. The smallest absolute Gasteiger partial charge is 0.159 e. The first-order valence-corrected chi connectivity index (χ1v) is 8.76. The molecule has 0 bridgehead atoms. The van der Waals surface area contributed by atoms with Gasteiger partial charge in [-0.05, 0) is 37.3 Å². The van der Waals surface area contributed by atoms with Gasteiger partial charge in [0.15, 0.2) is 12.4 Å². The second-order valence-corrected chi connectivity index (χ2v) is 5.85. The Morgan fingerprint density at radius 1 is 1.36 bits per heavy atom. The zero-order valence-electron chi connectivity index (χ0n) is 14.4. The van der Waals surface area contributed by atoms with E-state index in [-0.39, 0.29) is 6.29 Å². The second-order valence-electron chi connectivity index (χ2n) is 5.85. The van der Waals surface area contributed by atoms with Gasteiger partial charge in [-0.2, -0.15) is 0 Å². The van der Waals surface area contributed by atoms with Crippen molar-refractivity contribution >= 4 is 12.4 Å². The van der Waals surface area contributed by atoms with Gasteiger partial charge in [-0.15, -0.1) is 6.42 Å². The van der Waals surface area contributed by atoms with Gasteiger partial charge in [0.1, 0.15) is 6.29 Å². The van der Waals surface area contributed by atoms with Gasteiger partial charge < -0.3 is 14.3 Å². The standard InChI is InChI=1S/C22H24O3/c1-2-21(25-22-15-9-11-17-24-22)20(14-8-3-4-10-16-23)18-19-12-6-5-7-13-19/h1,5-7,12-13,16,18,21-22H,3-4,9-11,15,17H2/b20-18+. The third-order valence-corrected chi connectivity index (χ3v) is 3.84. The largest absolute Gasteiger partial charge is 0.353 e. The summed E-state index contributed by atoms with van der Waals surface area (Å²) in [6, 6.07) is 9.90. The maximum absolute atomic E-state index is 10.4. The van der Waals surface area contributed by atoms with Crippen molar-refractivity contribution in [2.75, 3.05) is 6.61 Å². The van der Waals surface area contributed by atoms with E-state index in [1.807, 2.05) is 36.4 Å². The molecule has 1 aliphatic rings. The average molecular weight is 336 g/mol. The summed E-state index contributed by atoms with van der Waals surface area (Å²) in [5.74, 6) is 8.93. The lowest BCUT2D eigenvalue weighted by Gasteiger charge is -2.25. The number of carbonyl (C=O) groups excluding carboxylic acids is 1. The summed E-state index contributed by atoms with van der Waals surface area (Å²) in [7, 11) is 0. The number of terminal acetylenes is 1. The van der Waals surface area contributed by atoms with E-state index in [1.165, 1.54) is 0 Å². The van der Waals surface area contributed by atoms with Crippen molar-refractivity contribution in [2.45, 2.75) is 50.9 Å². The molecule has 3 nitrogen and oxygen atoms in total. The summed E-state index contributed by atoms with van der Waals surface area (Å²) in [5, 5.41) is 0. The maximum atomic E-state index is 10.4. The third-order valence-electron chi connectivity index (χ3n) is 3.84. The Bertz CT molecular complexity index is 652. The number of hydrogen-bond donors (Lipinski definition) is 0. The molecule has 0 saturated carbocycles. The topological polar surface area (TPSA) is 35.5 Å². The zero-order valence-corrected chi connectivity index (χ0v) is 14.4. The predicted molar refractivity (Wildman–Crippen MR) is 99.4 cm³/mol. The van der Waals surface area contributed by atoms with Crippen molar-refractivity contribution in [1.29, 1.82) is 0 Å². The van der Waals surface area contributed by atoms with E-state index in [0.717, 1.165) is 43.1 Å². The molecule has 0 spiro atoms. The molecule has 0 aromatic heterocycles. The van der Waals surface area contributed by atoms with Crippen LogP contribution in [-0.4, -0.2) is 25.3 Å². The molecule has 0 amide bonds. The fourth-order valence-corrected chi connectivity index (χ4v) is 2.52. The third kappa shape index (κ3) is 6.98. The van der Waals surface area contributed by atoms with Gasteiger partial charge in [0, 0.05) is 25.0 Å². The minimum Gasteiger partial charge on any atom is -0.353 e. The Balaban J connectivity index is 2.14. The van der Waals surface area contributed by atoms with Gasteiger partial charge in [-0.25, -0.2) is 0 Å². The molecule has 1 saturated heterocycles. The van der Waals surface area contributed by atoms with Crippen LogP contribution in [0, 0.1) is 24.2 Å². The van der Waals surface area contributed by atoms with Crippen LogP contribution in [0.2, 0.25) is 0 Å². The number of unbranched alkanes of at least 4 members (excludes halogenated alkanes) is 2. The first-order chi connectivity index (χ1) is 12.3. The Morgan fingerprint density at radius 3 is 2.88 bits per heavy atom. The molecular weight excluding hydrogens is 312 g/mol. The number of hydrogen-bond acceptors (Lipinski definition) is 3. The van der Waals surface area contributed by atoms with Crippen LogP contribution < -0.4 is 0 Å². The van der Waals surface area contributed by atoms with E-state index >= 15 is 0 Å². The highest BCUT2D eigenvalue weighted by atomic mass is 16.7. The van der Waals surface area contributed by atoms with Gasteiger partial charge >= 0.3 is 0 Å². The monoisotopic (exact) mass is 336 g/mol. The van der Waals surface area contributed by atoms with Gasteiger partial charge in [-0.1, -0.05) is 48.1 Å². The second kappa shape index (κ2) is 11.3. The van der Waals surface area contributed by atoms with Crippen molar-refractivity contribution in [3.05, 3.63) is 41.5 Å². The van der Waals surface area contributed by atoms with Crippen LogP contribution in [0.4, 0.5) is 0 Å². The van der Waals surface area contributed by atoms with E-state index in [9.17, 15) is 4.79 Å². The van der Waals surface area contributed by atoms with Crippen LogP contribution >= 0.6 is 0 Å². The highest BCUT2D eigenvalue weighted by molar-refractivity contribution is 5.61. The highest BCUT2D eigenvalue weighted by Gasteiger charge is 2.20. The zero-order chi connectivity index (χ0) is 17.7. The minimum atomic E-state index is -0.540. The molecule has 1 aromatic rings. The van der Waals surface area contributed by atoms with E-state index < -0.39 is 6.10 Å². The summed E-state index contributed by atoms with van der Waals surface area (Å²) < 4.78 is 11.6. The normalized spacial score (nSPS) is 18.5. The quantitative estimate of drug-likeness (QED) is 0.429. The molecule has 25 heavy (non-hydrogen) atoms. The summed E-state index contributed by atoms with van der Waals surface area (Å²) in [6.07, 6.45) is 12.7. The minimum absolute atomic E-state index is 0.272. The molecule has 1 aromatic carbocycles. The summed E-state index contributed by atoms with van der Waals surface area (Å²) in [4.78, 5) is 10.4. The van der Waals surface area contributed by atoms with Crippen LogP contribution in [0.25, 0.3) is 6.08 Å². The molecule has 130 valence electrons. The Hall–Kier alpha value is -2.33. The van der Waals surface area contributed by atoms with E-state index in [4.69, 9.17) is 15.9 Å². The van der Waals surface area contributed by atoms with Crippen molar-refractivity contribution in [3.8, 4) is 24.2 Å². The number of ether oxygens (including phenoxy) is 2. The first kappa shape index (κ1) is 19.0. The fourth-order valence-electron chi connectivity index (χ4n) is 2.52. The van der Waals surface area contributed by atoms with Crippen LogP contribution in [0.1, 0.15) is 44.1 Å². The fraction of sp³-hybridized carbons (Fsp3) is 0.409. The van der Waals surface area contributed by atoms with Gasteiger partial charge in [0.2, 0.25) is 0 Å². The molecular formula is C22H24O3. The Morgan fingerprint density at radius 2 is 2.20 bits per heavy atom. The summed E-state index contributed by atoms with van der Waals surface area (Å²) in [6.45, 7) is 0.705. The SMILES string of the molecule is C#CC(OC1CCCCO1)/C(C#CCCCC=O)=C/c1ccccc1. The van der Waals surface area contributed by atoms with Crippen LogP contribution in [0.3, 0.4) is 0 Å². The van der Waals surface area contributed by atoms with Gasteiger partial charge in [0.25, 0.3) is 0 Å². The molecule has 0 N–H and O–H groups in total. The molecule has 2 unspecified atom stereocenters. The average Bonchev–Trinajstić information content (AvgIpc) is 2.67. The summed E-state index contributed by atoms with van der Waals surface area (Å²) >= 11 is 0. The van der Waals surface area contributed by atoms with Crippen LogP contribution in [0.15, 0.2) is 35.9 Å². The number of rotatable bonds is 7. The Kier molecular flexibility index (Phi) is 8.56. The van der Waals surface area contributed by atoms with E-state index in [0.29, 0.717) is 19.4 Å². The first-order valence-electron chi connectivity index (χ1n) is 8.76. The summed E-state index contributed by atoms with van der Waals surface area (Å²) in [5.41, 5.74) is 1.77. The van der Waals surface area contributed by atoms with Crippen LogP contribution in [-0.2, 0) is 14.3 Å². The molecule has 0 radical (unpaired) electrons. The molecule has 1 fully saturated rings. The van der Waals surface area contributed by atoms with Gasteiger partial charge in [0.05, 0.1) is 0 Å². The lowest BCUT2D eigenvalue weighted by Crippen LogP contribution is -2.28. The number of benzene rings is 1. The van der Waals surface area contributed by atoms with Crippen molar-refractivity contribution < 1.29 is 14.3 Å². The molecule has 2 atom stereocenters. The number of carbonyl (C=O) groups is 1. The molecule has 2 rings (SSSR count). The lowest BCUT2D eigenvalue weighted by molar-refractivity contribution is -0.169. The molecule has 0 aliphatic carbocycles. The van der Waals surface area contributed by atoms with Crippen molar-refractivity contribution in [3.63, 3.8) is 0 Å².